The fourth-order valence-electron chi connectivity index (χ4n) is 3.70. The van der Waals surface area contributed by atoms with E-state index in [1.54, 1.807) is 6.07 Å². The molecule has 1 N–H and O–H groups in total. The number of sulfonamides is 1. The number of ether oxygens (including phenoxy) is 1. The molecule has 0 saturated carbocycles. The van der Waals surface area contributed by atoms with E-state index in [-0.39, 0.29) is 39.9 Å². The molecule has 2 fully saturated rings. The zero-order valence-corrected chi connectivity index (χ0v) is 18.6. The van der Waals surface area contributed by atoms with Gasteiger partial charge in [-0.15, -0.1) is 0 Å². The second-order valence-electron chi connectivity index (χ2n) is 7.33. The maximum absolute atomic E-state index is 12.9. The van der Waals surface area contributed by atoms with Crippen LogP contribution in [0.4, 0.5) is 0 Å². The molecule has 1 aromatic carbocycles. The fraction of sp³-hybridized carbons (Fsp3) is 0.632. The van der Waals surface area contributed by atoms with E-state index in [1.165, 1.54) is 16.4 Å². The van der Waals surface area contributed by atoms with Gasteiger partial charge >= 0.3 is 0 Å². The average Bonchev–Trinajstić information content (AvgIpc) is 2.71. The zero-order chi connectivity index (χ0) is 20.9. The number of piperidine rings is 1. The van der Waals surface area contributed by atoms with Gasteiger partial charge in [-0.1, -0.05) is 29.3 Å². The third-order valence-electron chi connectivity index (χ3n) is 5.40. The Hall–Kier alpha value is -0.900. The van der Waals surface area contributed by atoms with E-state index in [4.69, 9.17) is 27.9 Å². The van der Waals surface area contributed by atoms with Crippen LogP contribution >= 0.6 is 23.2 Å². The molecule has 0 unspecified atom stereocenters. The van der Waals surface area contributed by atoms with Crippen molar-refractivity contribution in [1.82, 2.24) is 14.5 Å². The molecule has 0 aromatic heterocycles. The van der Waals surface area contributed by atoms with Crippen molar-refractivity contribution in [2.24, 2.45) is 5.92 Å². The lowest BCUT2D eigenvalue weighted by molar-refractivity contribution is -0.126. The summed E-state index contributed by atoms with van der Waals surface area (Å²) in [5.74, 6) is -0.175. The van der Waals surface area contributed by atoms with E-state index >= 15 is 0 Å². The second kappa shape index (κ2) is 10.4. The first-order chi connectivity index (χ1) is 13.9. The Morgan fingerprint density at radius 2 is 1.72 bits per heavy atom. The molecule has 1 aromatic rings. The molecule has 0 spiro atoms. The maximum Gasteiger partial charge on any atom is 0.246 e. The molecule has 7 nitrogen and oxygen atoms in total. The Labute approximate surface area is 182 Å². The topological polar surface area (TPSA) is 79.0 Å². The first-order valence-corrected chi connectivity index (χ1v) is 12.1. The minimum atomic E-state index is -3.78. The molecular weight excluding hydrogens is 437 g/mol. The summed E-state index contributed by atoms with van der Waals surface area (Å²) in [6, 6.07) is 4.63. The van der Waals surface area contributed by atoms with Crippen molar-refractivity contribution < 1.29 is 17.9 Å². The van der Waals surface area contributed by atoms with Crippen molar-refractivity contribution in [2.45, 2.75) is 24.2 Å². The molecular formula is C19H27Cl2N3O4S. The summed E-state index contributed by atoms with van der Waals surface area (Å²) in [6.45, 7) is 5.54. The lowest BCUT2D eigenvalue weighted by Gasteiger charge is -2.31. The summed E-state index contributed by atoms with van der Waals surface area (Å²) in [6.07, 6.45) is 1.86. The summed E-state index contributed by atoms with van der Waals surface area (Å²) in [5, 5.41) is 3.21. The standard InChI is InChI=1S/C19H27Cl2N3O4S/c20-16-3-1-4-17(21)18(16)29(26,27)24-9-5-15(6-10-24)19(25)22-7-2-8-23-11-13-28-14-12-23/h1,3-4,15H,2,5-14H2,(H,22,25). The minimum Gasteiger partial charge on any atom is -0.379 e. The molecule has 10 heteroatoms. The van der Waals surface area contributed by atoms with Crippen LogP contribution < -0.4 is 5.32 Å². The average molecular weight is 464 g/mol. The first kappa shape index (κ1) is 22.8. The van der Waals surface area contributed by atoms with Gasteiger partial charge in [-0.25, -0.2) is 8.42 Å². The lowest BCUT2D eigenvalue weighted by atomic mass is 9.97. The summed E-state index contributed by atoms with van der Waals surface area (Å²) in [7, 11) is -3.78. The minimum absolute atomic E-state index is 0.000184. The number of carbonyl (C=O) groups excluding carboxylic acids is 1. The highest BCUT2D eigenvalue weighted by Crippen LogP contribution is 2.33. The lowest BCUT2D eigenvalue weighted by Crippen LogP contribution is -2.43. The Balaban J connectivity index is 1.45. The van der Waals surface area contributed by atoms with Gasteiger partial charge in [0.25, 0.3) is 0 Å². The first-order valence-electron chi connectivity index (χ1n) is 9.91. The summed E-state index contributed by atoms with van der Waals surface area (Å²) in [4.78, 5) is 14.7. The number of morpholine rings is 1. The molecule has 0 bridgehead atoms. The number of amides is 1. The van der Waals surface area contributed by atoms with E-state index in [0.29, 0.717) is 19.4 Å². The SMILES string of the molecule is O=C(NCCCN1CCOCC1)C1CCN(S(=O)(=O)c2c(Cl)cccc2Cl)CC1. The largest absolute Gasteiger partial charge is 0.379 e. The monoisotopic (exact) mass is 463 g/mol. The van der Waals surface area contributed by atoms with Gasteiger partial charge in [0.15, 0.2) is 0 Å². The van der Waals surface area contributed by atoms with Crippen LogP contribution in [-0.2, 0) is 19.6 Å². The maximum atomic E-state index is 12.9. The Morgan fingerprint density at radius 1 is 1.10 bits per heavy atom. The van der Waals surface area contributed by atoms with Crippen LogP contribution in [0.15, 0.2) is 23.1 Å². The number of nitrogens with one attached hydrogen (secondary N) is 1. The molecule has 0 aliphatic carbocycles. The normalized spacial score (nSPS) is 19.9. The molecule has 2 aliphatic rings. The summed E-state index contributed by atoms with van der Waals surface area (Å²) in [5.41, 5.74) is 0. The number of nitrogens with zero attached hydrogens (tertiary/aromatic N) is 2. The molecule has 3 rings (SSSR count). The van der Waals surface area contributed by atoms with E-state index in [0.717, 1.165) is 39.3 Å². The molecule has 0 radical (unpaired) electrons. The Bertz CT molecular complexity index is 787. The van der Waals surface area contributed by atoms with E-state index in [9.17, 15) is 13.2 Å². The van der Waals surface area contributed by atoms with E-state index < -0.39 is 10.0 Å². The molecule has 2 saturated heterocycles. The second-order valence-corrected chi connectivity index (χ2v) is 10.0. The highest BCUT2D eigenvalue weighted by atomic mass is 35.5. The van der Waals surface area contributed by atoms with Crippen LogP contribution in [-0.4, -0.2) is 76.0 Å². The van der Waals surface area contributed by atoms with Gasteiger partial charge in [-0.05, 0) is 37.9 Å². The van der Waals surface area contributed by atoms with Gasteiger partial charge in [-0.3, -0.25) is 9.69 Å². The smallest absolute Gasteiger partial charge is 0.246 e. The molecule has 0 atom stereocenters. The van der Waals surface area contributed by atoms with Crippen LogP contribution in [0.3, 0.4) is 0 Å². The predicted molar refractivity (Wildman–Crippen MR) is 113 cm³/mol. The molecule has 2 aliphatic heterocycles. The zero-order valence-electron chi connectivity index (χ0n) is 16.3. The van der Waals surface area contributed by atoms with Gasteiger partial charge in [0.05, 0.1) is 23.3 Å². The van der Waals surface area contributed by atoms with Gasteiger partial charge in [0.2, 0.25) is 15.9 Å². The highest BCUT2D eigenvalue weighted by Gasteiger charge is 2.34. The number of carbonyl (C=O) groups is 1. The Kier molecular flexibility index (Phi) is 8.18. The van der Waals surface area contributed by atoms with Crippen LogP contribution in [0.5, 0.6) is 0 Å². The van der Waals surface area contributed by atoms with Crippen molar-refractivity contribution in [3.8, 4) is 0 Å². The predicted octanol–water partition coefficient (Wildman–Crippen LogP) is 2.23. The van der Waals surface area contributed by atoms with Gasteiger partial charge in [-0.2, -0.15) is 4.31 Å². The molecule has 162 valence electrons. The number of halogens is 2. The van der Waals surface area contributed by atoms with Crippen molar-refractivity contribution in [2.75, 3.05) is 52.5 Å². The van der Waals surface area contributed by atoms with Gasteiger partial charge in [0, 0.05) is 38.6 Å². The number of hydrogen-bond donors (Lipinski definition) is 1. The van der Waals surface area contributed by atoms with Crippen molar-refractivity contribution in [3.63, 3.8) is 0 Å². The fourth-order valence-corrected chi connectivity index (χ4v) is 6.26. The van der Waals surface area contributed by atoms with Crippen molar-refractivity contribution >= 4 is 39.1 Å². The van der Waals surface area contributed by atoms with E-state index in [1.807, 2.05) is 0 Å². The van der Waals surface area contributed by atoms with Gasteiger partial charge in [0.1, 0.15) is 4.90 Å². The highest BCUT2D eigenvalue weighted by molar-refractivity contribution is 7.89. The molecule has 2 heterocycles. The van der Waals surface area contributed by atoms with Crippen LogP contribution in [0.2, 0.25) is 10.0 Å². The Morgan fingerprint density at radius 3 is 2.34 bits per heavy atom. The summed E-state index contributed by atoms with van der Waals surface area (Å²) < 4.78 is 32.5. The third-order valence-corrected chi connectivity index (χ3v) is 8.25. The third kappa shape index (κ3) is 5.83. The number of benzene rings is 1. The van der Waals surface area contributed by atoms with Crippen LogP contribution in [0.1, 0.15) is 19.3 Å². The van der Waals surface area contributed by atoms with Crippen LogP contribution in [0, 0.1) is 5.92 Å². The number of hydrogen-bond acceptors (Lipinski definition) is 5. The van der Waals surface area contributed by atoms with Crippen molar-refractivity contribution in [1.29, 1.82) is 0 Å². The quantitative estimate of drug-likeness (QED) is 0.627. The van der Waals surface area contributed by atoms with Crippen molar-refractivity contribution in [3.05, 3.63) is 28.2 Å². The molecule has 29 heavy (non-hydrogen) atoms. The van der Waals surface area contributed by atoms with Crippen LogP contribution in [0.25, 0.3) is 0 Å². The van der Waals surface area contributed by atoms with Gasteiger partial charge < -0.3 is 10.1 Å². The van der Waals surface area contributed by atoms with E-state index in [2.05, 4.69) is 10.2 Å². The number of rotatable bonds is 7. The summed E-state index contributed by atoms with van der Waals surface area (Å²) >= 11 is 12.1. The molecule has 1 amide bonds.